The summed E-state index contributed by atoms with van der Waals surface area (Å²) >= 11 is 3.38. The van der Waals surface area contributed by atoms with E-state index >= 15 is 0 Å². The molecule has 2 aromatic heterocycles. The summed E-state index contributed by atoms with van der Waals surface area (Å²) in [6, 6.07) is 0.532. The minimum absolute atomic E-state index is 0.124. The minimum Gasteiger partial charge on any atom is -0.301 e. The monoisotopic (exact) mass is 267 g/mol. The van der Waals surface area contributed by atoms with Crippen molar-refractivity contribution in [3.05, 3.63) is 32.2 Å². The summed E-state index contributed by atoms with van der Waals surface area (Å²) in [6.45, 7) is 8.46. The van der Waals surface area contributed by atoms with Gasteiger partial charge in [0.1, 0.15) is 11.0 Å². The van der Waals surface area contributed by atoms with Crippen molar-refractivity contribution in [2.45, 2.75) is 39.8 Å². The van der Waals surface area contributed by atoms with Crippen molar-refractivity contribution < 1.29 is 0 Å². The van der Waals surface area contributed by atoms with Crippen LogP contribution in [-0.4, -0.2) is 16.0 Å². The molecule has 17 heavy (non-hydrogen) atoms. The molecule has 0 radical (unpaired) electrons. The molecule has 0 spiro atoms. The molecule has 0 aliphatic rings. The molecule has 0 aliphatic carbocycles. The Labute approximate surface area is 110 Å². The van der Waals surface area contributed by atoms with Crippen LogP contribution in [0.25, 0.3) is 0 Å². The normalized spacial score (nSPS) is 13.2. The zero-order valence-electron chi connectivity index (χ0n) is 10.5. The quantitative estimate of drug-likeness (QED) is 0.923. The molecular formula is C12H17N3S2. The second-order valence-corrected chi connectivity index (χ2v) is 6.31. The lowest BCUT2D eigenvalue weighted by Gasteiger charge is -2.17. The van der Waals surface area contributed by atoms with Gasteiger partial charge in [-0.3, -0.25) is 0 Å². The smallest absolute Gasteiger partial charge is 0.116 e. The topological polar surface area (TPSA) is 37.8 Å². The molecule has 2 heterocycles. The molecule has 5 heteroatoms. The van der Waals surface area contributed by atoms with Crippen LogP contribution >= 0.6 is 22.7 Å². The summed E-state index contributed by atoms with van der Waals surface area (Å²) in [5, 5.41) is 6.73. The molecule has 0 aliphatic heterocycles. The van der Waals surface area contributed by atoms with Crippen molar-refractivity contribution in [2.24, 2.45) is 0 Å². The van der Waals surface area contributed by atoms with Crippen LogP contribution in [0.2, 0.25) is 0 Å². The molecule has 2 rings (SSSR count). The first-order valence-corrected chi connectivity index (χ1v) is 7.42. The van der Waals surface area contributed by atoms with Crippen LogP contribution in [0, 0.1) is 13.8 Å². The number of nitrogens with one attached hydrogen (secondary N) is 1. The van der Waals surface area contributed by atoms with Gasteiger partial charge in [0, 0.05) is 16.3 Å². The predicted molar refractivity (Wildman–Crippen MR) is 73.8 cm³/mol. The fraction of sp³-hybridized carbons (Fsp3) is 0.500. The van der Waals surface area contributed by atoms with Crippen molar-refractivity contribution in [1.29, 1.82) is 0 Å². The Hall–Kier alpha value is -0.780. The van der Waals surface area contributed by atoms with Crippen LogP contribution in [0.3, 0.4) is 0 Å². The lowest BCUT2D eigenvalue weighted by Crippen LogP contribution is -2.29. The van der Waals surface area contributed by atoms with Gasteiger partial charge in [0.15, 0.2) is 0 Å². The summed E-state index contributed by atoms with van der Waals surface area (Å²) in [7, 11) is 0. The first kappa shape index (κ1) is 12.7. The second-order valence-electron chi connectivity index (χ2n) is 4.36. The van der Waals surface area contributed by atoms with Gasteiger partial charge in [0.05, 0.1) is 16.9 Å². The number of rotatable bonds is 4. The maximum absolute atomic E-state index is 4.64. The molecule has 0 fully saturated rings. The lowest BCUT2D eigenvalue weighted by atomic mass is 10.2. The fourth-order valence-electron chi connectivity index (χ4n) is 1.60. The van der Waals surface area contributed by atoms with Gasteiger partial charge in [-0.1, -0.05) is 0 Å². The molecule has 0 saturated carbocycles. The van der Waals surface area contributed by atoms with Crippen molar-refractivity contribution in [3.8, 4) is 0 Å². The van der Waals surface area contributed by atoms with Gasteiger partial charge >= 0.3 is 0 Å². The van der Waals surface area contributed by atoms with E-state index in [0.717, 1.165) is 16.4 Å². The molecule has 1 N–H and O–H groups in total. The van der Waals surface area contributed by atoms with Crippen molar-refractivity contribution in [2.75, 3.05) is 0 Å². The zero-order valence-corrected chi connectivity index (χ0v) is 12.2. The van der Waals surface area contributed by atoms with Crippen molar-refractivity contribution >= 4 is 22.7 Å². The van der Waals surface area contributed by atoms with E-state index in [-0.39, 0.29) is 6.04 Å². The molecule has 0 saturated heterocycles. The van der Waals surface area contributed by atoms with Gasteiger partial charge in [0.25, 0.3) is 0 Å². The Kier molecular flexibility index (Phi) is 3.91. The summed E-state index contributed by atoms with van der Waals surface area (Å²) in [6.07, 6.45) is 0. The third-order valence-corrected chi connectivity index (χ3v) is 4.28. The van der Waals surface area contributed by atoms with E-state index in [9.17, 15) is 0 Å². The summed E-state index contributed by atoms with van der Waals surface area (Å²) in [4.78, 5) is 10.3. The highest BCUT2D eigenvalue weighted by molar-refractivity contribution is 7.11. The van der Waals surface area contributed by atoms with Gasteiger partial charge in [-0.2, -0.15) is 0 Å². The molecular weight excluding hydrogens is 250 g/mol. The number of hydrogen-bond acceptors (Lipinski definition) is 5. The molecule has 0 bridgehead atoms. The van der Waals surface area contributed by atoms with Gasteiger partial charge in [-0.25, -0.2) is 9.97 Å². The maximum Gasteiger partial charge on any atom is 0.116 e. The average molecular weight is 267 g/mol. The number of hydrogen-bond donors (Lipinski definition) is 1. The Morgan fingerprint density at radius 1 is 1.29 bits per heavy atom. The van der Waals surface area contributed by atoms with E-state index in [2.05, 4.69) is 48.4 Å². The Morgan fingerprint density at radius 2 is 2.06 bits per heavy atom. The highest BCUT2D eigenvalue weighted by atomic mass is 32.1. The Bertz CT molecular complexity index is 454. The molecule has 2 aromatic rings. The predicted octanol–water partition coefficient (Wildman–Crippen LogP) is 3.30. The second kappa shape index (κ2) is 5.25. The summed E-state index contributed by atoms with van der Waals surface area (Å²) in [5.74, 6) is 0. The lowest BCUT2D eigenvalue weighted by molar-refractivity contribution is 0.519. The van der Waals surface area contributed by atoms with E-state index in [4.69, 9.17) is 0 Å². The number of thiazole rings is 2. The third kappa shape index (κ3) is 2.91. The first-order valence-electron chi connectivity index (χ1n) is 5.66. The molecule has 92 valence electrons. The van der Waals surface area contributed by atoms with Crippen LogP contribution in [-0.2, 0) is 0 Å². The third-order valence-electron chi connectivity index (χ3n) is 2.54. The number of aryl methyl sites for hydroxylation is 2. The Morgan fingerprint density at radius 3 is 2.53 bits per heavy atom. The molecule has 1 atom stereocenters. The van der Waals surface area contributed by atoms with Gasteiger partial charge < -0.3 is 5.32 Å². The van der Waals surface area contributed by atoms with Crippen molar-refractivity contribution in [3.63, 3.8) is 0 Å². The molecule has 0 aromatic carbocycles. The van der Waals surface area contributed by atoms with Gasteiger partial charge in [-0.05, 0) is 27.7 Å². The van der Waals surface area contributed by atoms with Crippen LogP contribution < -0.4 is 5.32 Å². The average Bonchev–Trinajstić information content (AvgIpc) is 2.86. The highest BCUT2D eigenvalue weighted by Crippen LogP contribution is 2.28. The van der Waals surface area contributed by atoms with Crippen LogP contribution in [0.5, 0.6) is 0 Å². The van der Waals surface area contributed by atoms with Crippen LogP contribution in [0.4, 0.5) is 0 Å². The molecule has 1 unspecified atom stereocenters. The van der Waals surface area contributed by atoms with E-state index < -0.39 is 0 Å². The highest BCUT2D eigenvalue weighted by Gasteiger charge is 2.20. The fourth-order valence-corrected chi connectivity index (χ4v) is 3.18. The Balaban J connectivity index is 2.33. The molecule has 0 amide bonds. The first-order chi connectivity index (χ1) is 8.08. The minimum atomic E-state index is 0.124. The largest absolute Gasteiger partial charge is 0.301 e. The SMILES string of the molecule is Cc1nc(C(NC(C)C)c2cscn2)sc1C. The van der Waals surface area contributed by atoms with E-state index in [1.165, 1.54) is 4.88 Å². The standard InChI is InChI=1S/C12H17N3S2/c1-7(2)14-11(10-5-16-6-13-10)12-15-8(3)9(4)17-12/h5-7,11,14H,1-4H3. The zero-order chi connectivity index (χ0) is 12.4. The summed E-state index contributed by atoms with van der Waals surface area (Å²) < 4.78 is 0. The van der Waals surface area contributed by atoms with E-state index in [1.54, 1.807) is 22.7 Å². The molecule has 3 nitrogen and oxygen atoms in total. The van der Waals surface area contributed by atoms with E-state index in [0.29, 0.717) is 6.04 Å². The van der Waals surface area contributed by atoms with E-state index in [1.807, 2.05) is 5.51 Å². The van der Waals surface area contributed by atoms with Crippen LogP contribution in [0.15, 0.2) is 10.9 Å². The van der Waals surface area contributed by atoms with Gasteiger partial charge in [-0.15, -0.1) is 22.7 Å². The van der Waals surface area contributed by atoms with Gasteiger partial charge in [0.2, 0.25) is 0 Å². The maximum atomic E-state index is 4.64. The van der Waals surface area contributed by atoms with Crippen molar-refractivity contribution in [1.82, 2.24) is 15.3 Å². The summed E-state index contributed by atoms with van der Waals surface area (Å²) in [5.41, 5.74) is 4.06. The number of aromatic nitrogens is 2. The number of nitrogens with zero attached hydrogens (tertiary/aromatic N) is 2. The van der Waals surface area contributed by atoms with Crippen LogP contribution in [0.1, 0.15) is 41.2 Å².